The number of alkyl halides is 2. The second-order valence-electron chi connectivity index (χ2n) is 4.28. The minimum atomic E-state index is -2.55. The van der Waals surface area contributed by atoms with Gasteiger partial charge in [-0.3, -0.25) is 0 Å². The summed E-state index contributed by atoms with van der Waals surface area (Å²) in [7, 11) is 0. The van der Waals surface area contributed by atoms with E-state index in [9.17, 15) is 13.2 Å². The molecule has 0 saturated carbocycles. The van der Waals surface area contributed by atoms with E-state index in [0.717, 1.165) is 12.1 Å². The molecule has 0 aliphatic heterocycles. The number of hydrogen-bond donors (Lipinski definition) is 0. The quantitative estimate of drug-likeness (QED) is 0.644. The van der Waals surface area contributed by atoms with E-state index in [0.29, 0.717) is 5.56 Å². The highest BCUT2D eigenvalue weighted by atomic mass is 19.3. The van der Waals surface area contributed by atoms with Crippen LogP contribution in [0.4, 0.5) is 13.2 Å². The van der Waals surface area contributed by atoms with Gasteiger partial charge in [0, 0.05) is 5.56 Å². The first-order valence-electron chi connectivity index (χ1n) is 4.40. The van der Waals surface area contributed by atoms with Gasteiger partial charge in [-0.1, -0.05) is 26.8 Å². The van der Waals surface area contributed by atoms with Crippen LogP contribution in [0.2, 0.25) is 0 Å². The molecule has 1 aromatic carbocycles. The lowest BCUT2D eigenvalue weighted by Crippen LogP contribution is -2.14. The summed E-state index contributed by atoms with van der Waals surface area (Å²) in [6.45, 7) is 5.36. The summed E-state index contributed by atoms with van der Waals surface area (Å²) in [5.74, 6) is -0.473. The molecule has 1 rings (SSSR count). The van der Waals surface area contributed by atoms with Crippen molar-refractivity contribution in [2.75, 3.05) is 0 Å². The molecule has 0 atom stereocenters. The highest BCUT2D eigenvalue weighted by Gasteiger charge is 2.22. The lowest BCUT2D eigenvalue weighted by Gasteiger charge is -2.22. The third-order valence-corrected chi connectivity index (χ3v) is 2.06. The third-order valence-electron chi connectivity index (χ3n) is 2.06. The van der Waals surface area contributed by atoms with Crippen molar-refractivity contribution in [1.29, 1.82) is 0 Å². The molecule has 0 nitrogen and oxygen atoms in total. The average molecular weight is 202 g/mol. The molecule has 0 fully saturated rings. The maximum atomic E-state index is 12.9. The van der Waals surface area contributed by atoms with E-state index in [1.807, 2.05) is 0 Å². The van der Waals surface area contributed by atoms with Crippen LogP contribution in [0, 0.1) is 5.82 Å². The molecule has 14 heavy (non-hydrogen) atoms. The second kappa shape index (κ2) is 3.64. The fourth-order valence-electron chi connectivity index (χ4n) is 1.37. The first-order chi connectivity index (χ1) is 6.32. The van der Waals surface area contributed by atoms with E-state index in [-0.39, 0.29) is 5.56 Å². The molecule has 0 bridgehead atoms. The summed E-state index contributed by atoms with van der Waals surface area (Å²) >= 11 is 0. The fraction of sp³-hybridized carbons (Fsp3) is 0.455. The zero-order valence-electron chi connectivity index (χ0n) is 8.44. The lowest BCUT2D eigenvalue weighted by molar-refractivity contribution is 0.148. The van der Waals surface area contributed by atoms with E-state index < -0.39 is 17.7 Å². The summed E-state index contributed by atoms with van der Waals surface area (Å²) in [5.41, 5.74) is -0.181. The van der Waals surface area contributed by atoms with E-state index in [2.05, 4.69) is 0 Å². The van der Waals surface area contributed by atoms with Crippen molar-refractivity contribution in [3.8, 4) is 0 Å². The zero-order valence-corrected chi connectivity index (χ0v) is 8.44. The van der Waals surface area contributed by atoms with Crippen LogP contribution in [0.25, 0.3) is 0 Å². The Labute approximate surface area is 81.8 Å². The molecule has 78 valence electrons. The molecule has 0 aliphatic carbocycles. The number of hydrogen-bond acceptors (Lipinski definition) is 0. The molecule has 1 aromatic rings. The summed E-state index contributed by atoms with van der Waals surface area (Å²) < 4.78 is 38.0. The normalized spacial score (nSPS) is 12.2. The standard InChI is InChI=1S/C11H13F3/c1-11(2,3)9-6-7(12)4-5-8(9)10(13)14/h4-6,10H,1-3H3. The molecule has 3 heteroatoms. The van der Waals surface area contributed by atoms with Crippen molar-refractivity contribution >= 4 is 0 Å². The average Bonchev–Trinajstić information content (AvgIpc) is 2.01. The van der Waals surface area contributed by atoms with Gasteiger partial charge in [-0.15, -0.1) is 0 Å². The molecule has 0 aliphatic rings. The molecule has 0 amide bonds. The van der Waals surface area contributed by atoms with Crippen LogP contribution in [0.15, 0.2) is 18.2 Å². The van der Waals surface area contributed by atoms with Crippen LogP contribution < -0.4 is 0 Å². The number of rotatable bonds is 1. The van der Waals surface area contributed by atoms with Crippen LogP contribution in [0.3, 0.4) is 0 Å². The predicted molar refractivity (Wildman–Crippen MR) is 50.1 cm³/mol. The number of benzene rings is 1. The third kappa shape index (κ3) is 2.28. The van der Waals surface area contributed by atoms with Gasteiger partial charge in [-0.05, 0) is 23.1 Å². The Bertz CT molecular complexity index is 324. The topological polar surface area (TPSA) is 0 Å². The van der Waals surface area contributed by atoms with Gasteiger partial charge in [-0.2, -0.15) is 0 Å². The Morgan fingerprint density at radius 2 is 1.71 bits per heavy atom. The van der Waals surface area contributed by atoms with Crippen LogP contribution >= 0.6 is 0 Å². The Balaban J connectivity index is 3.30. The van der Waals surface area contributed by atoms with Gasteiger partial charge in [0.05, 0.1) is 0 Å². The Morgan fingerprint density at radius 1 is 1.14 bits per heavy atom. The maximum absolute atomic E-state index is 12.9. The SMILES string of the molecule is CC(C)(C)c1cc(F)ccc1C(F)F. The Morgan fingerprint density at radius 3 is 2.14 bits per heavy atom. The first-order valence-corrected chi connectivity index (χ1v) is 4.40. The van der Waals surface area contributed by atoms with Crippen molar-refractivity contribution in [1.82, 2.24) is 0 Å². The van der Waals surface area contributed by atoms with Crippen molar-refractivity contribution in [3.63, 3.8) is 0 Å². The second-order valence-corrected chi connectivity index (χ2v) is 4.28. The highest BCUT2D eigenvalue weighted by molar-refractivity contribution is 5.34. The van der Waals surface area contributed by atoms with Crippen molar-refractivity contribution in [2.24, 2.45) is 0 Å². The molecular weight excluding hydrogens is 189 g/mol. The van der Waals surface area contributed by atoms with E-state index in [4.69, 9.17) is 0 Å². The molecule has 0 aromatic heterocycles. The highest BCUT2D eigenvalue weighted by Crippen LogP contribution is 2.32. The predicted octanol–water partition coefficient (Wildman–Crippen LogP) is 4.06. The zero-order chi connectivity index (χ0) is 10.9. The van der Waals surface area contributed by atoms with Crippen LogP contribution in [0.5, 0.6) is 0 Å². The van der Waals surface area contributed by atoms with Gasteiger partial charge >= 0.3 is 0 Å². The Hall–Kier alpha value is -0.990. The Kier molecular flexibility index (Phi) is 2.88. The van der Waals surface area contributed by atoms with Gasteiger partial charge in [-0.25, -0.2) is 13.2 Å². The molecule has 0 N–H and O–H groups in total. The summed E-state index contributed by atoms with van der Waals surface area (Å²) in [5, 5.41) is 0. The van der Waals surface area contributed by atoms with Crippen molar-refractivity contribution in [2.45, 2.75) is 32.6 Å². The van der Waals surface area contributed by atoms with Gasteiger partial charge in [0.1, 0.15) is 5.82 Å². The minimum absolute atomic E-state index is 0.0844. The van der Waals surface area contributed by atoms with Gasteiger partial charge < -0.3 is 0 Å². The smallest absolute Gasteiger partial charge is 0.207 e. The van der Waals surface area contributed by atoms with Gasteiger partial charge in [0.15, 0.2) is 0 Å². The van der Waals surface area contributed by atoms with Gasteiger partial charge in [0.25, 0.3) is 6.43 Å². The minimum Gasteiger partial charge on any atom is -0.207 e. The van der Waals surface area contributed by atoms with E-state index >= 15 is 0 Å². The monoisotopic (exact) mass is 202 g/mol. The largest absolute Gasteiger partial charge is 0.264 e. The molecule has 0 heterocycles. The molecular formula is C11H13F3. The van der Waals surface area contributed by atoms with Crippen molar-refractivity contribution in [3.05, 3.63) is 35.1 Å². The summed E-state index contributed by atoms with van der Waals surface area (Å²) in [4.78, 5) is 0. The fourth-order valence-corrected chi connectivity index (χ4v) is 1.37. The molecule has 0 radical (unpaired) electrons. The van der Waals surface area contributed by atoms with Crippen molar-refractivity contribution < 1.29 is 13.2 Å². The molecule has 0 unspecified atom stereocenters. The summed E-state index contributed by atoms with van der Waals surface area (Å²) in [6, 6.07) is 3.40. The lowest BCUT2D eigenvalue weighted by atomic mass is 9.84. The van der Waals surface area contributed by atoms with Crippen LogP contribution in [-0.4, -0.2) is 0 Å². The number of halogens is 3. The first kappa shape index (κ1) is 11.1. The van der Waals surface area contributed by atoms with Crippen LogP contribution in [0.1, 0.15) is 38.3 Å². The molecule has 0 saturated heterocycles. The van der Waals surface area contributed by atoms with Gasteiger partial charge in [0.2, 0.25) is 0 Å². The van der Waals surface area contributed by atoms with Crippen LogP contribution in [-0.2, 0) is 5.41 Å². The maximum Gasteiger partial charge on any atom is 0.264 e. The van der Waals surface area contributed by atoms with E-state index in [1.54, 1.807) is 20.8 Å². The molecule has 0 spiro atoms. The van der Waals surface area contributed by atoms with E-state index in [1.165, 1.54) is 6.07 Å². The summed E-state index contributed by atoms with van der Waals surface area (Å²) in [6.07, 6.45) is -2.55.